The summed E-state index contributed by atoms with van der Waals surface area (Å²) >= 11 is 0. The van der Waals surface area contributed by atoms with Crippen LogP contribution in [0.3, 0.4) is 0 Å². The third-order valence-electron chi connectivity index (χ3n) is 3.10. The fourth-order valence-corrected chi connectivity index (χ4v) is 2.11. The average Bonchev–Trinajstić information content (AvgIpc) is 2.79. The summed E-state index contributed by atoms with van der Waals surface area (Å²) in [6.45, 7) is 4.25. The lowest BCUT2D eigenvalue weighted by atomic mass is 9.99. The molecule has 0 aliphatic rings. The molecule has 0 radical (unpaired) electrons. The summed E-state index contributed by atoms with van der Waals surface area (Å²) in [5.41, 5.74) is 2.56. The van der Waals surface area contributed by atoms with Crippen LogP contribution in [-0.2, 0) is 7.05 Å². The third-order valence-corrected chi connectivity index (χ3v) is 3.10. The first-order valence-electron chi connectivity index (χ1n) is 6.18. The summed E-state index contributed by atoms with van der Waals surface area (Å²) in [6, 6.07) is 8.05. The van der Waals surface area contributed by atoms with E-state index in [4.69, 9.17) is 10.00 Å². The molecule has 0 N–H and O–H groups in total. The van der Waals surface area contributed by atoms with E-state index in [0.29, 0.717) is 11.6 Å². The molecular formula is C15H17N3O. The second kappa shape index (κ2) is 5.15. The molecular weight excluding hydrogens is 238 g/mol. The molecule has 2 rings (SSSR count). The van der Waals surface area contributed by atoms with Crippen LogP contribution >= 0.6 is 0 Å². The van der Waals surface area contributed by atoms with Gasteiger partial charge < -0.3 is 9.30 Å². The van der Waals surface area contributed by atoms with E-state index in [1.165, 1.54) is 0 Å². The van der Waals surface area contributed by atoms with Gasteiger partial charge in [-0.2, -0.15) is 5.26 Å². The topological polar surface area (TPSA) is 50.8 Å². The molecule has 0 fully saturated rings. The van der Waals surface area contributed by atoms with Crippen molar-refractivity contribution in [2.75, 3.05) is 7.11 Å². The van der Waals surface area contributed by atoms with E-state index < -0.39 is 0 Å². The molecule has 1 heterocycles. The van der Waals surface area contributed by atoms with Gasteiger partial charge in [0, 0.05) is 18.8 Å². The van der Waals surface area contributed by atoms with Gasteiger partial charge in [-0.05, 0) is 29.7 Å². The fourth-order valence-electron chi connectivity index (χ4n) is 2.11. The van der Waals surface area contributed by atoms with Gasteiger partial charge in [-0.1, -0.05) is 13.8 Å². The minimum atomic E-state index is 0.366. The van der Waals surface area contributed by atoms with E-state index in [2.05, 4.69) is 31.0 Å². The normalized spacial score (nSPS) is 10.5. The maximum absolute atomic E-state index is 8.90. The van der Waals surface area contributed by atoms with Crippen molar-refractivity contribution in [1.29, 1.82) is 5.26 Å². The molecule has 0 atom stereocenters. The molecule has 0 bridgehead atoms. The predicted octanol–water partition coefficient (Wildman–Crippen LogP) is 3.09. The van der Waals surface area contributed by atoms with Crippen LogP contribution in [0.5, 0.6) is 5.75 Å². The van der Waals surface area contributed by atoms with Crippen LogP contribution in [0.15, 0.2) is 24.4 Å². The quantitative estimate of drug-likeness (QED) is 0.846. The van der Waals surface area contributed by atoms with Gasteiger partial charge in [-0.3, -0.25) is 0 Å². The molecule has 0 aliphatic heterocycles. The monoisotopic (exact) mass is 255 g/mol. The first-order valence-corrected chi connectivity index (χ1v) is 6.18. The maximum Gasteiger partial charge on any atom is 0.159 e. The summed E-state index contributed by atoms with van der Waals surface area (Å²) in [4.78, 5) is 4.32. The Morgan fingerprint density at radius 3 is 2.63 bits per heavy atom. The van der Waals surface area contributed by atoms with Gasteiger partial charge >= 0.3 is 0 Å². The number of nitrogens with zero attached hydrogens (tertiary/aromatic N) is 3. The van der Waals surface area contributed by atoms with Gasteiger partial charge in [0.25, 0.3) is 0 Å². The molecule has 2 aromatic rings. The van der Waals surface area contributed by atoms with Crippen molar-refractivity contribution in [2.45, 2.75) is 19.8 Å². The first-order chi connectivity index (χ1) is 9.06. The zero-order valence-electron chi connectivity index (χ0n) is 11.6. The fraction of sp³-hybridized carbons (Fsp3) is 0.333. The molecule has 1 aromatic carbocycles. The Kier molecular flexibility index (Phi) is 3.57. The summed E-state index contributed by atoms with van der Waals surface area (Å²) in [5, 5.41) is 8.90. The third kappa shape index (κ3) is 2.45. The van der Waals surface area contributed by atoms with Gasteiger partial charge in [0.05, 0.1) is 7.11 Å². The number of rotatable bonds is 3. The van der Waals surface area contributed by atoms with Crippen LogP contribution in [0.25, 0.3) is 11.4 Å². The number of aromatic nitrogens is 2. The van der Waals surface area contributed by atoms with Crippen molar-refractivity contribution in [3.05, 3.63) is 35.7 Å². The lowest BCUT2D eigenvalue weighted by molar-refractivity contribution is 0.407. The van der Waals surface area contributed by atoms with Crippen molar-refractivity contribution < 1.29 is 4.74 Å². The van der Waals surface area contributed by atoms with Crippen molar-refractivity contribution in [3.8, 4) is 23.2 Å². The number of methoxy groups -OCH3 is 1. The Morgan fingerprint density at radius 1 is 1.37 bits per heavy atom. The van der Waals surface area contributed by atoms with E-state index in [-0.39, 0.29) is 0 Å². The van der Waals surface area contributed by atoms with Crippen LogP contribution in [0.2, 0.25) is 0 Å². The molecule has 0 saturated carbocycles. The Labute approximate surface area is 113 Å². The maximum atomic E-state index is 8.90. The van der Waals surface area contributed by atoms with Crippen LogP contribution < -0.4 is 4.74 Å². The summed E-state index contributed by atoms with van der Waals surface area (Å²) in [6.07, 6.45) is 1.73. The smallest absolute Gasteiger partial charge is 0.159 e. The minimum absolute atomic E-state index is 0.366. The molecule has 0 spiro atoms. The van der Waals surface area contributed by atoms with Crippen molar-refractivity contribution in [2.24, 2.45) is 7.05 Å². The van der Waals surface area contributed by atoms with Crippen LogP contribution in [0.1, 0.15) is 31.0 Å². The van der Waals surface area contributed by atoms with Crippen molar-refractivity contribution in [1.82, 2.24) is 9.55 Å². The van der Waals surface area contributed by atoms with Crippen LogP contribution in [0, 0.1) is 11.3 Å². The number of ether oxygens (including phenoxy) is 1. The first kappa shape index (κ1) is 13.2. The molecule has 0 aliphatic carbocycles. The lowest BCUT2D eigenvalue weighted by Crippen LogP contribution is -1.97. The van der Waals surface area contributed by atoms with Crippen LogP contribution in [0.4, 0.5) is 0 Å². The lowest BCUT2D eigenvalue weighted by Gasteiger charge is -2.13. The molecule has 98 valence electrons. The van der Waals surface area contributed by atoms with Crippen molar-refractivity contribution in [3.63, 3.8) is 0 Å². The highest BCUT2D eigenvalue weighted by Gasteiger charge is 2.12. The van der Waals surface area contributed by atoms with E-state index in [1.54, 1.807) is 13.3 Å². The molecule has 4 nitrogen and oxygen atoms in total. The molecule has 1 aromatic heterocycles. The van der Waals surface area contributed by atoms with Crippen molar-refractivity contribution >= 4 is 0 Å². The average molecular weight is 255 g/mol. The van der Waals surface area contributed by atoms with Crippen LogP contribution in [-0.4, -0.2) is 16.7 Å². The number of hydrogen-bond donors (Lipinski definition) is 0. The summed E-state index contributed by atoms with van der Waals surface area (Å²) in [7, 11) is 3.57. The molecule has 0 unspecified atom stereocenters. The largest absolute Gasteiger partial charge is 0.496 e. The second-order valence-corrected chi connectivity index (χ2v) is 4.78. The van der Waals surface area contributed by atoms with Gasteiger partial charge in [-0.25, -0.2) is 4.98 Å². The van der Waals surface area contributed by atoms with Gasteiger partial charge in [-0.15, -0.1) is 0 Å². The highest BCUT2D eigenvalue weighted by molar-refractivity contribution is 5.60. The molecule has 0 amide bonds. The van der Waals surface area contributed by atoms with E-state index in [1.807, 2.05) is 23.7 Å². The summed E-state index contributed by atoms with van der Waals surface area (Å²) < 4.78 is 7.24. The van der Waals surface area contributed by atoms with E-state index in [0.717, 1.165) is 22.7 Å². The Balaban J connectivity index is 2.54. The molecule has 19 heavy (non-hydrogen) atoms. The second-order valence-electron chi connectivity index (χ2n) is 4.78. The number of nitriles is 1. The van der Waals surface area contributed by atoms with E-state index >= 15 is 0 Å². The number of imidazole rings is 1. The van der Waals surface area contributed by atoms with Gasteiger partial charge in [0.15, 0.2) is 5.69 Å². The van der Waals surface area contributed by atoms with E-state index in [9.17, 15) is 0 Å². The standard InChI is InChI=1S/C15H17N3O/c1-10(2)13-7-11(5-6-14(13)19-4)15-17-12(8-16)9-18(15)3/h5-7,9-10H,1-4H3. The SMILES string of the molecule is COc1ccc(-c2nc(C#N)cn2C)cc1C(C)C. The Morgan fingerprint density at radius 2 is 2.11 bits per heavy atom. The Hall–Kier alpha value is -2.28. The highest BCUT2D eigenvalue weighted by atomic mass is 16.5. The molecule has 0 saturated heterocycles. The summed E-state index contributed by atoms with van der Waals surface area (Å²) in [5.74, 6) is 2.04. The highest BCUT2D eigenvalue weighted by Crippen LogP contribution is 2.30. The number of benzene rings is 1. The Bertz CT molecular complexity index is 635. The minimum Gasteiger partial charge on any atom is -0.496 e. The van der Waals surface area contributed by atoms with Gasteiger partial charge in [0.1, 0.15) is 17.6 Å². The molecule has 4 heteroatoms. The zero-order valence-corrected chi connectivity index (χ0v) is 11.6. The zero-order chi connectivity index (χ0) is 14.0. The number of aryl methyl sites for hydroxylation is 1. The number of hydrogen-bond acceptors (Lipinski definition) is 3. The van der Waals surface area contributed by atoms with Gasteiger partial charge in [0.2, 0.25) is 0 Å². The predicted molar refractivity (Wildman–Crippen MR) is 74.0 cm³/mol.